The highest BCUT2D eigenvalue weighted by molar-refractivity contribution is 6.39. The van der Waals surface area contributed by atoms with E-state index in [0.717, 1.165) is 6.54 Å². The lowest BCUT2D eigenvalue weighted by Crippen LogP contribution is -2.29. The molecule has 0 aromatic carbocycles. The molecule has 0 aromatic heterocycles. The van der Waals surface area contributed by atoms with Gasteiger partial charge in [0.1, 0.15) is 5.71 Å². The molecule has 4 heteroatoms. The number of nitrogens with zero attached hydrogens (tertiary/aromatic N) is 2. The van der Waals surface area contributed by atoms with Gasteiger partial charge in [-0.2, -0.15) is 0 Å². The summed E-state index contributed by atoms with van der Waals surface area (Å²) in [5.41, 5.74) is 0.203. The molecule has 0 aliphatic carbocycles. The molecular weight excluding hydrogens is 144 g/mol. The van der Waals surface area contributed by atoms with Crippen LogP contribution in [-0.4, -0.2) is 41.7 Å². The predicted octanol–water partition coefficient (Wildman–Crippen LogP) is 0.357. The Labute approximate surface area is 66.5 Å². The van der Waals surface area contributed by atoms with Crippen LogP contribution in [0.1, 0.15) is 13.8 Å². The zero-order valence-corrected chi connectivity index (χ0v) is 7.16. The van der Waals surface area contributed by atoms with Gasteiger partial charge in [0.25, 0.3) is 0 Å². The van der Waals surface area contributed by atoms with Crippen LogP contribution in [0.3, 0.4) is 0 Å². The fourth-order valence-corrected chi connectivity index (χ4v) is 0.581. The topological polar surface area (TPSA) is 52.9 Å². The molecule has 0 aliphatic heterocycles. The first kappa shape index (κ1) is 10.1. The van der Waals surface area contributed by atoms with Crippen molar-refractivity contribution in [2.45, 2.75) is 13.8 Å². The van der Waals surface area contributed by atoms with E-state index in [4.69, 9.17) is 5.21 Å². The average Bonchev–Trinajstić information content (AvgIpc) is 1.99. The number of oxime groups is 1. The molecular formula is C7H14N2O2. The van der Waals surface area contributed by atoms with E-state index in [0.29, 0.717) is 6.54 Å². The molecule has 0 bridgehead atoms. The van der Waals surface area contributed by atoms with Crippen molar-refractivity contribution in [3.05, 3.63) is 0 Å². The molecule has 1 N–H and O–H groups in total. The fraction of sp³-hybridized carbons (Fsp3) is 0.714. The summed E-state index contributed by atoms with van der Waals surface area (Å²) in [4.78, 5) is 12.6. The van der Waals surface area contributed by atoms with Gasteiger partial charge in [-0.25, -0.2) is 0 Å². The van der Waals surface area contributed by atoms with Crippen molar-refractivity contribution in [3.8, 4) is 0 Å². The third-order valence-electron chi connectivity index (χ3n) is 1.49. The van der Waals surface area contributed by atoms with Crippen molar-refractivity contribution < 1.29 is 10.0 Å². The van der Waals surface area contributed by atoms with Crippen molar-refractivity contribution in [3.63, 3.8) is 0 Å². The van der Waals surface area contributed by atoms with E-state index < -0.39 is 0 Å². The Kier molecular flexibility index (Phi) is 4.45. The average molecular weight is 158 g/mol. The number of carbonyl (C=O) groups excluding carboxylic acids is 1. The molecule has 0 fully saturated rings. The highest BCUT2D eigenvalue weighted by Gasteiger charge is 2.07. The van der Waals surface area contributed by atoms with E-state index in [1.54, 1.807) is 0 Å². The second-order valence-electron chi connectivity index (χ2n) is 2.43. The van der Waals surface area contributed by atoms with E-state index in [1.807, 2.05) is 18.9 Å². The zero-order valence-electron chi connectivity index (χ0n) is 7.16. The molecule has 0 rings (SSSR count). The van der Waals surface area contributed by atoms with Gasteiger partial charge in [-0.1, -0.05) is 12.1 Å². The zero-order chi connectivity index (χ0) is 8.85. The summed E-state index contributed by atoms with van der Waals surface area (Å²) in [7, 11) is 1.86. The predicted molar refractivity (Wildman–Crippen MR) is 43.1 cm³/mol. The minimum absolute atomic E-state index is 0.187. The molecule has 4 nitrogen and oxygen atoms in total. The van der Waals surface area contributed by atoms with Crippen LogP contribution < -0.4 is 0 Å². The van der Waals surface area contributed by atoms with Crippen molar-refractivity contribution in [2.24, 2.45) is 5.16 Å². The summed E-state index contributed by atoms with van der Waals surface area (Å²) >= 11 is 0. The number of carbonyl (C=O) groups is 1. The number of rotatable bonds is 4. The van der Waals surface area contributed by atoms with Crippen LogP contribution in [0, 0.1) is 0 Å². The molecule has 64 valence electrons. The summed E-state index contributed by atoms with van der Waals surface area (Å²) in [6.07, 6.45) is 0. The van der Waals surface area contributed by atoms with E-state index >= 15 is 0 Å². The van der Waals surface area contributed by atoms with Gasteiger partial charge in [0.05, 0.1) is 0 Å². The fourth-order valence-electron chi connectivity index (χ4n) is 0.581. The smallest absolute Gasteiger partial charge is 0.178 e. The molecule has 0 radical (unpaired) electrons. The molecule has 0 unspecified atom stereocenters. The Morgan fingerprint density at radius 2 is 2.18 bits per heavy atom. The minimum atomic E-state index is -0.187. The normalized spacial score (nSPS) is 12.2. The lowest BCUT2D eigenvalue weighted by atomic mass is 10.2. The maximum atomic E-state index is 10.7. The van der Waals surface area contributed by atoms with Crippen molar-refractivity contribution in [1.82, 2.24) is 4.90 Å². The third kappa shape index (κ3) is 3.72. The summed E-state index contributed by atoms with van der Waals surface area (Å²) in [5, 5.41) is 11.3. The van der Waals surface area contributed by atoms with Crippen LogP contribution in [0.25, 0.3) is 0 Å². The van der Waals surface area contributed by atoms with Crippen LogP contribution in [0.4, 0.5) is 0 Å². The Balaban J connectivity index is 4.00. The van der Waals surface area contributed by atoms with Gasteiger partial charge in [-0.05, 0) is 13.6 Å². The second kappa shape index (κ2) is 4.85. The summed E-state index contributed by atoms with van der Waals surface area (Å²) in [5.74, 6) is -0.187. The molecule has 0 heterocycles. The molecule has 0 amide bonds. The molecule has 0 aliphatic rings. The lowest BCUT2D eigenvalue weighted by Gasteiger charge is -2.12. The number of ketones is 1. The first-order chi connectivity index (χ1) is 5.11. The Morgan fingerprint density at radius 3 is 2.45 bits per heavy atom. The standard InChI is InChI=1S/C7H14N2O2/c1-4-9(3)5-7(8-11)6(2)10/h11H,4-5H2,1-3H3/b8-7-. The highest BCUT2D eigenvalue weighted by atomic mass is 16.4. The molecule has 11 heavy (non-hydrogen) atoms. The minimum Gasteiger partial charge on any atom is -0.411 e. The molecule has 0 aromatic rings. The van der Waals surface area contributed by atoms with Gasteiger partial charge in [-0.3, -0.25) is 4.79 Å². The highest BCUT2D eigenvalue weighted by Crippen LogP contribution is 1.86. The van der Waals surface area contributed by atoms with Gasteiger partial charge in [-0.15, -0.1) is 0 Å². The molecule has 0 atom stereocenters. The van der Waals surface area contributed by atoms with Crippen molar-refractivity contribution in [2.75, 3.05) is 20.1 Å². The Bertz CT molecular complexity index is 166. The van der Waals surface area contributed by atoms with Crippen LogP contribution in [0.5, 0.6) is 0 Å². The third-order valence-corrected chi connectivity index (χ3v) is 1.49. The second-order valence-corrected chi connectivity index (χ2v) is 2.43. The van der Waals surface area contributed by atoms with Gasteiger partial charge in [0.15, 0.2) is 5.78 Å². The van der Waals surface area contributed by atoms with Crippen LogP contribution >= 0.6 is 0 Å². The molecule has 0 saturated heterocycles. The Morgan fingerprint density at radius 1 is 1.64 bits per heavy atom. The van der Waals surface area contributed by atoms with E-state index in [-0.39, 0.29) is 11.5 Å². The largest absolute Gasteiger partial charge is 0.411 e. The van der Waals surface area contributed by atoms with Gasteiger partial charge in [0, 0.05) is 13.5 Å². The number of hydrogen-bond donors (Lipinski definition) is 1. The van der Waals surface area contributed by atoms with E-state index in [9.17, 15) is 4.79 Å². The summed E-state index contributed by atoms with van der Waals surface area (Å²) in [6.45, 7) is 4.59. The Hall–Kier alpha value is -0.900. The summed E-state index contributed by atoms with van der Waals surface area (Å²) < 4.78 is 0. The van der Waals surface area contributed by atoms with Gasteiger partial charge in [0.2, 0.25) is 0 Å². The van der Waals surface area contributed by atoms with Crippen molar-refractivity contribution in [1.29, 1.82) is 0 Å². The quantitative estimate of drug-likeness (QED) is 0.365. The summed E-state index contributed by atoms with van der Waals surface area (Å²) in [6, 6.07) is 0. The monoisotopic (exact) mass is 158 g/mol. The van der Waals surface area contributed by atoms with Gasteiger partial charge < -0.3 is 10.1 Å². The first-order valence-corrected chi connectivity index (χ1v) is 3.52. The van der Waals surface area contributed by atoms with Gasteiger partial charge >= 0.3 is 0 Å². The lowest BCUT2D eigenvalue weighted by molar-refractivity contribution is -0.111. The van der Waals surface area contributed by atoms with Crippen LogP contribution in [0.2, 0.25) is 0 Å². The first-order valence-electron chi connectivity index (χ1n) is 3.52. The van der Waals surface area contributed by atoms with Crippen LogP contribution in [-0.2, 0) is 4.79 Å². The number of Topliss-reactive ketones (excluding diaryl/α,β-unsaturated/α-hetero) is 1. The van der Waals surface area contributed by atoms with E-state index in [2.05, 4.69) is 5.16 Å². The van der Waals surface area contributed by atoms with Crippen molar-refractivity contribution >= 4 is 11.5 Å². The SMILES string of the molecule is CCN(C)C/C(=N/O)C(C)=O. The maximum Gasteiger partial charge on any atom is 0.178 e. The molecule has 0 spiro atoms. The van der Waals surface area contributed by atoms with Crippen LogP contribution in [0.15, 0.2) is 5.16 Å². The molecule has 0 saturated carbocycles. The maximum absolute atomic E-state index is 10.7. The number of hydrogen-bond acceptors (Lipinski definition) is 4. The van der Waals surface area contributed by atoms with E-state index in [1.165, 1.54) is 6.92 Å².